The normalized spacial score (nSPS) is 28.0. The first-order valence-corrected chi connectivity index (χ1v) is 11.6. The van der Waals surface area contributed by atoms with Crippen molar-refractivity contribution in [3.63, 3.8) is 0 Å². The van der Waals surface area contributed by atoms with Gasteiger partial charge in [-0.2, -0.15) is 0 Å². The zero-order chi connectivity index (χ0) is 22.7. The van der Waals surface area contributed by atoms with Crippen LogP contribution in [0.5, 0.6) is 0 Å². The molecule has 1 atom stereocenters. The number of ether oxygens (including phenoxy) is 1. The molecule has 0 unspecified atom stereocenters. The molecule has 3 heterocycles. The highest BCUT2D eigenvalue weighted by Gasteiger charge is 2.51. The lowest BCUT2D eigenvalue weighted by Gasteiger charge is -2.41. The molecule has 172 valence electrons. The highest BCUT2D eigenvalue weighted by atomic mass is 35.5. The van der Waals surface area contributed by atoms with E-state index in [4.69, 9.17) is 22.8 Å². The van der Waals surface area contributed by atoms with Crippen molar-refractivity contribution in [1.29, 1.82) is 0 Å². The summed E-state index contributed by atoms with van der Waals surface area (Å²) in [7, 11) is 0. The maximum Gasteiger partial charge on any atom is 0.412 e. The Kier molecular flexibility index (Phi) is 6.77. The van der Waals surface area contributed by atoms with Gasteiger partial charge in [-0.25, -0.2) is 9.78 Å². The summed E-state index contributed by atoms with van der Waals surface area (Å²) >= 11 is 6.50. The summed E-state index contributed by atoms with van der Waals surface area (Å²) in [6.07, 6.45) is 11.6. The minimum absolute atomic E-state index is 0.118. The highest BCUT2D eigenvalue weighted by Crippen LogP contribution is 2.44. The van der Waals surface area contributed by atoms with Gasteiger partial charge in [0.05, 0.1) is 28.4 Å². The van der Waals surface area contributed by atoms with Gasteiger partial charge in [0.1, 0.15) is 5.82 Å². The van der Waals surface area contributed by atoms with Crippen LogP contribution in [0.25, 0.3) is 0 Å². The number of amides is 2. The van der Waals surface area contributed by atoms with Crippen molar-refractivity contribution < 1.29 is 19.4 Å². The Bertz CT molecular complexity index is 912. The molecular weight excluding hydrogens is 432 g/mol. The second-order valence-electron chi connectivity index (χ2n) is 8.95. The van der Waals surface area contributed by atoms with Gasteiger partial charge in [-0.05, 0) is 51.0 Å². The highest BCUT2D eigenvalue weighted by molar-refractivity contribution is 6.33. The molecule has 3 aliphatic rings. The van der Waals surface area contributed by atoms with E-state index in [1.54, 1.807) is 6.07 Å². The predicted octanol–water partition coefficient (Wildman–Crippen LogP) is 3.04. The minimum atomic E-state index is -0.669. The van der Waals surface area contributed by atoms with E-state index in [0.29, 0.717) is 23.1 Å². The number of nitrogens with one attached hydrogen (secondary N) is 1. The monoisotopic (exact) mass is 460 g/mol. The van der Waals surface area contributed by atoms with Crippen molar-refractivity contribution >= 4 is 35.1 Å². The average Bonchev–Trinajstić information content (AvgIpc) is 3.08. The Balaban J connectivity index is 1.43. The summed E-state index contributed by atoms with van der Waals surface area (Å²) in [5.41, 5.74) is 0.00466. The summed E-state index contributed by atoms with van der Waals surface area (Å²) in [6.45, 7) is 2.01. The second-order valence-corrected chi connectivity index (χ2v) is 9.36. The third kappa shape index (κ3) is 4.64. The van der Waals surface area contributed by atoms with Crippen LogP contribution in [0.1, 0.15) is 44.9 Å². The van der Waals surface area contributed by atoms with Crippen molar-refractivity contribution in [1.82, 2.24) is 9.88 Å². The van der Waals surface area contributed by atoms with Crippen LogP contribution in [-0.4, -0.2) is 65.4 Å². The molecule has 1 aromatic rings. The first-order chi connectivity index (χ1) is 15.4. The summed E-state index contributed by atoms with van der Waals surface area (Å²) in [6, 6.07) is 1.86. The number of aliphatic hydroxyl groups is 1. The number of rotatable bonds is 4. The number of anilines is 2. The molecule has 0 radical (unpaired) electrons. The lowest BCUT2D eigenvalue weighted by molar-refractivity contribution is -0.139. The fourth-order valence-electron chi connectivity index (χ4n) is 5.25. The summed E-state index contributed by atoms with van der Waals surface area (Å²) in [5, 5.41) is 12.8. The van der Waals surface area contributed by atoms with E-state index in [-0.39, 0.29) is 24.7 Å². The van der Waals surface area contributed by atoms with Crippen LogP contribution in [0.3, 0.4) is 0 Å². The third-order valence-corrected chi connectivity index (χ3v) is 7.16. The van der Waals surface area contributed by atoms with Gasteiger partial charge in [-0.3, -0.25) is 10.1 Å². The van der Waals surface area contributed by atoms with Crippen molar-refractivity contribution in [2.45, 2.75) is 57.1 Å². The van der Waals surface area contributed by atoms with Crippen molar-refractivity contribution in [2.24, 2.45) is 5.41 Å². The molecule has 4 rings (SSSR count). The number of nitrogens with zero attached hydrogens (tertiary/aromatic N) is 3. The van der Waals surface area contributed by atoms with Crippen LogP contribution in [0.15, 0.2) is 12.3 Å². The Labute approximate surface area is 193 Å². The molecule has 1 spiro atoms. The first-order valence-electron chi connectivity index (χ1n) is 11.2. The number of likely N-dealkylation sites (tertiary alicyclic amines) is 1. The number of terminal acetylenes is 1. The topological polar surface area (TPSA) is 95.0 Å². The van der Waals surface area contributed by atoms with E-state index >= 15 is 0 Å². The summed E-state index contributed by atoms with van der Waals surface area (Å²) in [5.74, 6) is 3.07. The quantitative estimate of drug-likeness (QED) is 0.670. The van der Waals surface area contributed by atoms with Gasteiger partial charge in [0.2, 0.25) is 5.91 Å². The molecule has 9 heteroatoms. The number of hydrogen-bond donors (Lipinski definition) is 2. The van der Waals surface area contributed by atoms with E-state index in [1.807, 2.05) is 0 Å². The van der Waals surface area contributed by atoms with Gasteiger partial charge in [0, 0.05) is 25.7 Å². The molecule has 2 N–H and O–H groups in total. The average molecular weight is 461 g/mol. The molecule has 0 aromatic carbocycles. The smallest absolute Gasteiger partial charge is 0.412 e. The number of carbonyl (C=O) groups excluding carboxylic acids is 2. The molecule has 1 saturated carbocycles. The van der Waals surface area contributed by atoms with Crippen LogP contribution in [0, 0.1) is 17.8 Å². The van der Waals surface area contributed by atoms with Crippen molar-refractivity contribution in [3.05, 3.63) is 17.3 Å². The van der Waals surface area contributed by atoms with Gasteiger partial charge in [-0.1, -0.05) is 17.5 Å². The van der Waals surface area contributed by atoms with Crippen molar-refractivity contribution in [2.75, 3.05) is 36.5 Å². The number of halogens is 1. The molecule has 2 amide bonds. The molecular formula is C23H29ClN4O4. The largest absolute Gasteiger partial charge is 0.436 e. The fourth-order valence-corrected chi connectivity index (χ4v) is 5.54. The van der Waals surface area contributed by atoms with Gasteiger partial charge < -0.3 is 19.6 Å². The van der Waals surface area contributed by atoms with Crippen LogP contribution in [-0.2, 0) is 9.53 Å². The van der Waals surface area contributed by atoms with Crippen LogP contribution in [0.2, 0.25) is 5.02 Å². The number of carbonyl (C=O) groups is 2. The van der Waals surface area contributed by atoms with Gasteiger partial charge in [0.15, 0.2) is 6.61 Å². The van der Waals surface area contributed by atoms with E-state index < -0.39 is 11.5 Å². The van der Waals surface area contributed by atoms with E-state index in [2.05, 4.69) is 26.0 Å². The zero-order valence-electron chi connectivity index (χ0n) is 18.1. The Hall–Kier alpha value is -2.50. The Morgan fingerprint density at radius 2 is 2.12 bits per heavy atom. The van der Waals surface area contributed by atoms with E-state index in [9.17, 15) is 14.7 Å². The summed E-state index contributed by atoms with van der Waals surface area (Å²) in [4.78, 5) is 33.8. The number of piperidine rings is 1. The number of aliphatic hydroxyl groups excluding tert-OH is 1. The second kappa shape index (κ2) is 9.55. The molecule has 3 fully saturated rings. The predicted molar refractivity (Wildman–Crippen MR) is 122 cm³/mol. The third-order valence-electron chi connectivity index (χ3n) is 6.88. The molecule has 32 heavy (non-hydrogen) atoms. The van der Waals surface area contributed by atoms with Gasteiger partial charge in [-0.15, -0.1) is 6.42 Å². The van der Waals surface area contributed by atoms with E-state index in [1.165, 1.54) is 6.20 Å². The maximum absolute atomic E-state index is 13.5. The molecule has 2 saturated heterocycles. The molecule has 0 bridgehead atoms. The molecule has 1 aliphatic carbocycles. The SMILES string of the molecule is C#CCOC(=O)Nc1cnc(N2CCC[C@]3(CCN([C@H]4CC[C@@H](O)CC4)C3=O)C2)c(Cl)c1. The van der Waals surface area contributed by atoms with Crippen LogP contribution in [0.4, 0.5) is 16.3 Å². The Morgan fingerprint density at radius 1 is 1.34 bits per heavy atom. The van der Waals surface area contributed by atoms with Gasteiger partial charge >= 0.3 is 6.09 Å². The Morgan fingerprint density at radius 3 is 2.84 bits per heavy atom. The minimum Gasteiger partial charge on any atom is -0.436 e. The lowest BCUT2D eigenvalue weighted by atomic mass is 9.78. The molecule has 1 aromatic heterocycles. The van der Waals surface area contributed by atoms with E-state index in [0.717, 1.165) is 58.0 Å². The fraction of sp³-hybridized carbons (Fsp3) is 0.609. The van der Waals surface area contributed by atoms with Crippen molar-refractivity contribution in [3.8, 4) is 12.3 Å². The number of aromatic nitrogens is 1. The zero-order valence-corrected chi connectivity index (χ0v) is 18.8. The first kappa shape index (κ1) is 22.7. The lowest BCUT2D eigenvalue weighted by Crippen LogP contribution is -2.50. The summed E-state index contributed by atoms with van der Waals surface area (Å²) < 4.78 is 4.80. The van der Waals surface area contributed by atoms with Crippen LogP contribution >= 0.6 is 11.6 Å². The maximum atomic E-state index is 13.5. The molecule has 8 nitrogen and oxygen atoms in total. The van der Waals surface area contributed by atoms with Gasteiger partial charge in [0.25, 0.3) is 0 Å². The standard InChI is InChI=1S/C23H29ClN4O4/c1-2-12-32-22(31)26-16-13-19(24)20(25-14-16)27-10-3-8-23(15-27)9-11-28(21(23)30)17-4-6-18(29)7-5-17/h1,13-14,17-18,29H,3-12,15H2,(H,26,31)/t17-,18+,23-/m0/s1. The molecule has 2 aliphatic heterocycles. The van der Waals surface area contributed by atoms with Crippen LogP contribution < -0.4 is 10.2 Å². The number of pyridine rings is 1. The number of hydrogen-bond acceptors (Lipinski definition) is 6.